The van der Waals surface area contributed by atoms with Crippen LogP contribution < -0.4 is 5.73 Å². The minimum absolute atomic E-state index is 0.178. The van der Waals surface area contributed by atoms with E-state index in [0.717, 1.165) is 12.8 Å². The molecule has 1 unspecified atom stereocenters. The normalized spacial score (nSPS) is 12.9. The first kappa shape index (κ1) is 11.6. The molecule has 0 aliphatic carbocycles. The fourth-order valence-corrected chi connectivity index (χ4v) is 0.909. The number of hydrogen-bond acceptors (Lipinski definition) is 3. The maximum Gasteiger partial charge on any atom is 0.158 e. The van der Waals surface area contributed by atoms with Crippen LogP contribution in [-0.2, 0) is 9.53 Å². The average Bonchev–Trinajstić information content (AvgIpc) is 2.00. The molecule has 3 nitrogen and oxygen atoms in total. The molecule has 0 aromatic rings. The highest BCUT2D eigenvalue weighted by Gasteiger charge is 2.01. The summed E-state index contributed by atoms with van der Waals surface area (Å²) in [7, 11) is 0. The van der Waals surface area contributed by atoms with Crippen LogP contribution >= 0.6 is 0 Å². The second kappa shape index (κ2) is 7.25. The molecule has 2 N–H and O–H groups in total. The Morgan fingerprint density at radius 1 is 1.58 bits per heavy atom. The molecule has 0 aromatic heterocycles. The minimum atomic E-state index is 0.178. The van der Waals surface area contributed by atoms with Crippen molar-refractivity contribution in [1.29, 1.82) is 0 Å². The summed E-state index contributed by atoms with van der Waals surface area (Å²) in [6.07, 6.45) is 2.39. The van der Waals surface area contributed by atoms with Crippen molar-refractivity contribution >= 4 is 5.78 Å². The molecule has 0 aliphatic rings. The van der Waals surface area contributed by atoms with Gasteiger partial charge in [0.05, 0.1) is 0 Å². The third kappa shape index (κ3) is 7.69. The van der Waals surface area contributed by atoms with Crippen molar-refractivity contribution < 1.29 is 9.53 Å². The zero-order valence-electron chi connectivity index (χ0n) is 8.01. The standard InChI is InChI=1S/C9H19NO2/c1-3-12-7-9(11)6-4-5-8(2)10/h8H,3-7,10H2,1-2H3. The molecule has 0 aliphatic heterocycles. The third-order valence-corrected chi connectivity index (χ3v) is 1.58. The summed E-state index contributed by atoms with van der Waals surface area (Å²) in [5.41, 5.74) is 5.54. The van der Waals surface area contributed by atoms with E-state index in [0.29, 0.717) is 13.0 Å². The molecule has 0 aromatic carbocycles. The molecule has 0 saturated heterocycles. The summed E-state index contributed by atoms with van der Waals surface area (Å²) in [6, 6.07) is 0.199. The van der Waals surface area contributed by atoms with E-state index in [1.165, 1.54) is 0 Å². The van der Waals surface area contributed by atoms with Crippen LogP contribution in [0.25, 0.3) is 0 Å². The third-order valence-electron chi connectivity index (χ3n) is 1.58. The maximum absolute atomic E-state index is 11.0. The molecule has 0 radical (unpaired) electrons. The Labute approximate surface area is 74.3 Å². The lowest BCUT2D eigenvalue weighted by Gasteiger charge is -2.03. The Morgan fingerprint density at radius 3 is 2.75 bits per heavy atom. The Kier molecular flexibility index (Phi) is 7.00. The molecule has 3 heteroatoms. The minimum Gasteiger partial charge on any atom is -0.374 e. The Bertz CT molecular complexity index is 124. The number of hydrogen-bond donors (Lipinski definition) is 1. The zero-order chi connectivity index (χ0) is 9.40. The Hall–Kier alpha value is -0.410. The van der Waals surface area contributed by atoms with Crippen LogP contribution in [0.1, 0.15) is 33.1 Å². The fraction of sp³-hybridized carbons (Fsp3) is 0.889. The van der Waals surface area contributed by atoms with Crippen LogP contribution in [0.4, 0.5) is 0 Å². The molecule has 0 heterocycles. The second-order valence-electron chi connectivity index (χ2n) is 3.05. The first-order chi connectivity index (χ1) is 5.66. The Morgan fingerprint density at radius 2 is 2.25 bits per heavy atom. The highest BCUT2D eigenvalue weighted by Crippen LogP contribution is 1.99. The lowest BCUT2D eigenvalue weighted by atomic mass is 10.1. The summed E-state index contributed by atoms with van der Waals surface area (Å²) in [5.74, 6) is 0.178. The van der Waals surface area contributed by atoms with E-state index in [2.05, 4.69) is 0 Å². The molecular formula is C9H19NO2. The van der Waals surface area contributed by atoms with Crippen LogP contribution in [0.5, 0.6) is 0 Å². The second-order valence-corrected chi connectivity index (χ2v) is 3.05. The lowest BCUT2D eigenvalue weighted by Crippen LogP contribution is -2.15. The summed E-state index contributed by atoms with van der Waals surface area (Å²) >= 11 is 0. The number of rotatable bonds is 7. The average molecular weight is 173 g/mol. The summed E-state index contributed by atoms with van der Waals surface area (Å²) < 4.78 is 4.97. The van der Waals surface area contributed by atoms with Gasteiger partial charge < -0.3 is 10.5 Å². The van der Waals surface area contributed by atoms with E-state index >= 15 is 0 Å². The molecule has 1 atom stereocenters. The highest BCUT2D eigenvalue weighted by atomic mass is 16.5. The SMILES string of the molecule is CCOCC(=O)CCCC(C)N. The largest absolute Gasteiger partial charge is 0.374 e. The lowest BCUT2D eigenvalue weighted by molar-refractivity contribution is -0.123. The van der Waals surface area contributed by atoms with Crippen molar-refractivity contribution in [1.82, 2.24) is 0 Å². The number of carbonyl (C=O) groups is 1. The van der Waals surface area contributed by atoms with Crippen LogP contribution in [0, 0.1) is 0 Å². The number of nitrogens with two attached hydrogens (primary N) is 1. The Balaban J connectivity index is 3.20. The molecule has 0 spiro atoms. The van der Waals surface area contributed by atoms with Crippen molar-refractivity contribution in [2.75, 3.05) is 13.2 Å². The van der Waals surface area contributed by atoms with Gasteiger partial charge in [-0.25, -0.2) is 0 Å². The van der Waals surface area contributed by atoms with Gasteiger partial charge in [0.2, 0.25) is 0 Å². The highest BCUT2D eigenvalue weighted by molar-refractivity contribution is 5.79. The quantitative estimate of drug-likeness (QED) is 0.627. The molecule has 0 rings (SSSR count). The summed E-state index contributed by atoms with van der Waals surface area (Å²) in [6.45, 7) is 4.71. The molecule has 0 fully saturated rings. The fourth-order valence-electron chi connectivity index (χ4n) is 0.909. The van der Waals surface area contributed by atoms with E-state index in [1.807, 2.05) is 13.8 Å². The molecule has 72 valence electrons. The zero-order valence-corrected chi connectivity index (χ0v) is 8.01. The van der Waals surface area contributed by atoms with E-state index in [-0.39, 0.29) is 18.4 Å². The van der Waals surface area contributed by atoms with E-state index < -0.39 is 0 Å². The van der Waals surface area contributed by atoms with Gasteiger partial charge in [0.25, 0.3) is 0 Å². The van der Waals surface area contributed by atoms with Gasteiger partial charge in [0.1, 0.15) is 6.61 Å². The van der Waals surface area contributed by atoms with E-state index in [1.54, 1.807) is 0 Å². The molecule has 0 bridgehead atoms. The first-order valence-corrected chi connectivity index (χ1v) is 4.51. The topological polar surface area (TPSA) is 52.3 Å². The molecule has 12 heavy (non-hydrogen) atoms. The number of Topliss-reactive ketones (excluding diaryl/α,β-unsaturated/α-hetero) is 1. The van der Waals surface area contributed by atoms with Crippen LogP contribution in [-0.4, -0.2) is 25.0 Å². The first-order valence-electron chi connectivity index (χ1n) is 4.51. The van der Waals surface area contributed by atoms with Crippen molar-refractivity contribution in [2.24, 2.45) is 5.73 Å². The van der Waals surface area contributed by atoms with Gasteiger partial charge in [-0.05, 0) is 26.7 Å². The smallest absolute Gasteiger partial charge is 0.158 e. The van der Waals surface area contributed by atoms with Gasteiger partial charge in [-0.1, -0.05) is 0 Å². The predicted octanol–water partition coefficient (Wildman–Crippen LogP) is 1.11. The van der Waals surface area contributed by atoms with Gasteiger partial charge in [-0.3, -0.25) is 4.79 Å². The molecule has 0 saturated carbocycles. The van der Waals surface area contributed by atoms with Gasteiger partial charge in [-0.2, -0.15) is 0 Å². The van der Waals surface area contributed by atoms with Gasteiger partial charge in [-0.15, -0.1) is 0 Å². The van der Waals surface area contributed by atoms with E-state index in [9.17, 15) is 4.79 Å². The monoisotopic (exact) mass is 173 g/mol. The van der Waals surface area contributed by atoms with Crippen LogP contribution in [0.2, 0.25) is 0 Å². The van der Waals surface area contributed by atoms with Crippen molar-refractivity contribution in [2.45, 2.75) is 39.2 Å². The van der Waals surface area contributed by atoms with Gasteiger partial charge >= 0.3 is 0 Å². The van der Waals surface area contributed by atoms with Crippen LogP contribution in [0.15, 0.2) is 0 Å². The van der Waals surface area contributed by atoms with Crippen molar-refractivity contribution in [3.63, 3.8) is 0 Å². The number of carbonyl (C=O) groups excluding carboxylic acids is 1. The van der Waals surface area contributed by atoms with Gasteiger partial charge in [0.15, 0.2) is 5.78 Å². The van der Waals surface area contributed by atoms with Crippen molar-refractivity contribution in [3.8, 4) is 0 Å². The molecular weight excluding hydrogens is 154 g/mol. The van der Waals surface area contributed by atoms with Crippen LogP contribution in [0.3, 0.4) is 0 Å². The van der Waals surface area contributed by atoms with Gasteiger partial charge in [0, 0.05) is 19.1 Å². The number of ether oxygens (including phenoxy) is 1. The predicted molar refractivity (Wildman–Crippen MR) is 49.0 cm³/mol. The molecule has 0 amide bonds. The van der Waals surface area contributed by atoms with E-state index in [4.69, 9.17) is 10.5 Å². The summed E-state index contributed by atoms with van der Waals surface area (Å²) in [4.78, 5) is 11.0. The maximum atomic E-state index is 11.0. The summed E-state index contributed by atoms with van der Waals surface area (Å²) in [5, 5.41) is 0. The van der Waals surface area contributed by atoms with Crippen molar-refractivity contribution in [3.05, 3.63) is 0 Å². The number of ketones is 1.